The predicted octanol–water partition coefficient (Wildman–Crippen LogP) is 3.10. The molecule has 0 bridgehead atoms. The summed E-state index contributed by atoms with van der Waals surface area (Å²) >= 11 is 0. The minimum absolute atomic E-state index is 0.0326. The Kier molecular flexibility index (Phi) is 3.67. The monoisotopic (exact) mass is 363 g/mol. The van der Waals surface area contributed by atoms with Crippen molar-refractivity contribution < 1.29 is 14.1 Å². The average Bonchev–Trinajstić information content (AvgIpc) is 3.28. The molecule has 3 N–H and O–H groups in total. The minimum atomic E-state index is -0.579. The highest BCUT2D eigenvalue weighted by atomic mass is 16.6. The van der Waals surface area contributed by atoms with Gasteiger partial charge in [-0.3, -0.25) is 15.2 Å². The fourth-order valence-corrected chi connectivity index (χ4v) is 3.12. The first-order valence-electron chi connectivity index (χ1n) is 7.96. The number of aromatic nitrogens is 2. The van der Waals surface area contributed by atoms with Gasteiger partial charge in [0.05, 0.1) is 16.4 Å². The van der Waals surface area contributed by atoms with Crippen LogP contribution < -0.4 is 10.5 Å². The third-order valence-electron chi connectivity index (χ3n) is 4.38. The smallest absolute Gasteiger partial charge is 0.270 e. The van der Waals surface area contributed by atoms with Crippen molar-refractivity contribution in [1.29, 1.82) is 5.26 Å². The van der Waals surface area contributed by atoms with E-state index in [4.69, 9.17) is 14.9 Å². The molecule has 1 atom stereocenters. The first kappa shape index (κ1) is 16.4. The van der Waals surface area contributed by atoms with Crippen LogP contribution in [0, 0.1) is 28.4 Å². The van der Waals surface area contributed by atoms with Gasteiger partial charge < -0.3 is 14.9 Å². The number of benzene rings is 1. The third-order valence-corrected chi connectivity index (χ3v) is 4.38. The quantitative estimate of drug-likeness (QED) is 0.537. The van der Waals surface area contributed by atoms with Gasteiger partial charge in [0.2, 0.25) is 11.8 Å². The van der Waals surface area contributed by atoms with Crippen LogP contribution in [0.2, 0.25) is 0 Å². The zero-order valence-corrected chi connectivity index (χ0v) is 14.1. The van der Waals surface area contributed by atoms with E-state index in [-0.39, 0.29) is 17.1 Å². The molecule has 0 unspecified atom stereocenters. The number of nitriles is 1. The standard InChI is InChI=1S/C18H13N5O4/c1-9-15-16(12(8-19)17(20)27-18(15)22-21-9)14-6-5-13(26-14)10-3-2-4-11(7-10)23(24)25/h2-7,16H,20H2,1H3,(H,21,22)/t16-/m1/s1. The fraction of sp³-hybridized carbons (Fsp3) is 0.111. The molecule has 134 valence electrons. The Balaban J connectivity index is 1.81. The second-order valence-corrected chi connectivity index (χ2v) is 6.00. The lowest BCUT2D eigenvalue weighted by Gasteiger charge is -2.21. The number of ether oxygens (including phenoxy) is 1. The molecule has 0 saturated carbocycles. The Morgan fingerprint density at radius 2 is 2.19 bits per heavy atom. The lowest BCUT2D eigenvalue weighted by molar-refractivity contribution is -0.384. The number of nitrogens with one attached hydrogen (secondary N) is 1. The van der Waals surface area contributed by atoms with E-state index in [0.29, 0.717) is 28.5 Å². The number of rotatable bonds is 3. The van der Waals surface area contributed by atoms with Crippen molar-refractivity contribution in [3.63, 3.8) is 0 Å². The Morgan fingerprint density at radius 1 is 1.37 bits per heavy atom. The van der Waals surface area contributed by atoms with E-state index >= 15 is 0 Å². The lowest BCUT2D eigenvalue weighted by Crippen LogP contribution is -2.20. The van der Waals surface area contributed by atoms with E-state index < -0.39 is 10.8 Å². The van der Waals surface area contributed by atoms with Gasteiger partial charge >= 0.3 is 0 Å². The van der Waals surface area contributed by atoms with E-state index in [1.165, 1.54) is 12.1 Å². The third kappa shape index (κ3) is 2.60. The number of aromatic amines is 1. The summed E-state index contributed by atoms with van der Waals surface area (Å²) in [6, 6.07) is 11.6. The molecule has 0 saturated heterocycles. The largest absolute Gasteiger partial charge is 0.460 e. The molecule has 1 aromatic carbocycles. The number of fused-ring (bicyclic) bond motifs is 1. The van der Waals surface area contributed by atoms with Crippen LogP contribution in [-0.4, -0.2) is 15.1 Å². The lowest BCUT2D eigenvalue weighted by atomic mass is 9.88. The first-order valence-corrected chi connectivity index (χ1v) is 7.96. The van der Waals surface area contributed by atoms with Crippen molar-refractivity contribution in [1.82, 2.24) is 10.2 Å². The molecule has 0 fully saturated rings. The summed E-state index contributed by atoms with van der Waals surface area (Å²) < 4.78 is 11.4. The number of H-pyrrole nitrogens is 1. The summed E-state index contributed by atoms with van der Waals surface area (Å²) in [5, 5.41) is 27.4. The van der Waals surface area contributed by atoms with E-state index in [1.54, 1.807) is 24.3 Å². The van der Waals surface area contributed by atoms with Gasteiger partial charge in [0.1, 0.15) is 23.2 Å². The van der Waals surface area contributed by atoms with Crippen LogP contribution in [0.5, 0.6) is 5.88 Å². The number of nitro groups is 1. The van der Waals surface area contributed by atoms with E-state index in [1.807, 2.05) is 6.92 Å². The van der Waals surface area contributed by atoms with Gasteiger partial charge in [0, 0.05) is 23.4 Å². The van der Waals surface area contributed by atoms with Crippen LogP contribution >= 0.6 is 0 Å². The molecule has 0 aliphatic carbocycles. The molecular formula is C18H13N5O4. The van der Waals surface area contributed by atoms with Crippen LogP contribution in [0.3, 0.4) is 0 Å². The van der Waals surface area contributed by atoms with Gasteiger partial charge in [-0.05, 0) is 19.1 Å². The van der Waals surface area contributed by atoms with Crippen molar-refractivity contribution in [2.24, 2.45) is 5.73 Å². The number of nitrogens with two attached hydrogens (primary N) is 1. The number of aryl methyl sites for hydroxylation is 1. The van der Waals surface area contributed by atoms with Gasteiger partial charge in [-0.1, -0.05) is 12.1 Å². The number of allylic oxidation sites excluding steroid dienone is 1. The minimum Gasteiger partial charge on any atom is -0.460 e. The summed E-state index contributed by atoms with van der Waals surface area (Å²) in [4.78, 5) is 10.5. The SMILES string of the molecule is Cc1[nH]nc2c1[C@@H](c1ccc(-c3cccc([N+](=O)[O-])c3)o1)C(C#N)=C(N)O2. The Hall–Kier alpha value is -4.06. The maximum absolute atomic E-state index is 11.0. The van der Waals surface area contributed by atoms with Crippen molar-refractivity contribution in [3.05, 3.63) is 75.0 Å². The van der Waals surface area contributed by atoms with Crippen molar-refractivity contribution in [3.8, 4) is 23.3 Å². The van der Waals surface area contributed by atoms with Gasteiger partial charge in [-0.25, -0.2) is 0 Å². The first-order chi connectivity index (χ1) is 13.0. The number of hydrogen-bond acceptors (Lipinski definition) is 7. The van der Waals surface area contributed by atoms with Crippen molar-refractivity contribution in [2.45, 2.75) is 12.8 Å². The van der Waals surface area contributed by atoms with E-state index in [0.717, 1.165) is 5.69 Å². The van der Waals surface area contributed by atoms with Gasteiger partial charge in [-0.15, -0.1) is 5.10 Å². The molecule has 1 aliphatic rings. The second-order valence-electron chi connectivity index (χ2n) is 6.00. The molecule has 0 amide bonds. The highest BCUT2D eigenvalue weighted by molar-refractivity contribution is 5.62. The van der Waals surface area contributed by atoms with E-state index in [2.05, 4.69) is 16.3 Å². The number of nitro benzene ring substituents is 1. The number of nitrogens with zero attached hydrogens (tertiary/aromatic N) is 3. The fourth-order valence-electron chi connectivity index (χ4n) is 3.12. The highest BCUT2D eigenvalue weighted by Gasteiger charge is 2.36. The van der Waals surface area contributed by atoms with Crippen molar-refractivity contribution in [2.75, 3.05) is 0 Å². The number of furan rings is 1. The molecular weight excluding hydrogens is 350 g/mol. The van der Waals surface area contributed by atoms with Crippen LogP contribution in [-0.2, 0) is 0 Å². The molecule has 0 radical (unpaired) electrons. The van der Waals surface area contributed by atoms with Crippen molar-refractivity contribution >= 4 is 5.69 Å². The molecule has 4 rings (SSSR count). The Labute approximate surface area is 152 Å². The maximum Gasteiger partial charge on any atom is 0.270 e. The summed E-state index contributed by atoms with van der Waals surface area (Å²) in [6.45, 7) is 1.81. The molecule has 3 aromatic rings. The average molecular weight is 363 g/mol. The molecule has 9 nitrogen and oxygen atoms in total. The second kappa shape index (κ2) is 6.03. The van der Waals surface area contributed by atoms with E-state index in [9.17, 15) is 15.4 Å². The molecule has 27 heavy (non-hydrogen) atoms. The highest BCUT2D eigenvalue weighted by Crippen LogP contribution is 2.43. The zero-order chi connectivity index (χ0) is 19.1. The summed E-state index contributed by atoms with van der Waals surface area (Å²) in [5.41, 5.74) is 8.01. The van der Waals surface area contributed by atoms with Crippen LogP contribution in [0.1, 0.15) is 22.9 Å². The molecule has 2 aromatic heterocycles. The zero-order valence-electron chi connectivity index (χ0n) is 14.1. The number of non-ortho nitro benzene ring substituents is 1. The topological polar surface area (TPSA) is 144 Å². The van der Waals surface area contributed by atoms with Gasteiger partial charge in [0.15, 0.2) is 0 Å². The molecule has 9 heteroatoms. The predicted molar refractivity (Wildman–Crippen MR) is 93.4 cm³/mol. The molecule has 3 heterocycles. The Morgan fingerprint density at radius 3 is 2.93 bits per heavy atom. The van der Waals surface area contributed by atoms with Crippen LogP contribution in [0.4, 0.5) is 5.69 Å². The van der Waals surface area contributed by atoms with Gasteiger partial charge in [-0.2, -0.15) is 5.26 Å². The van der Waals surface area contributed by atoms with Gasteiger partial charge in [0.25, 0.3) is 5.69 Å². The Bertz CT molecular complexity index is 1130. The van der Waals surface area contributed by atoms with Crippen LogP contribution in [0.15, 0.2) is 52.3 Å². The molecule has 1 aliphatic heterocycles. The normalized spacial score (nSPS) is 15.8. The molecule has 0 spiro atoms. The summed E-state index contributed by atoms with van der Waals surface area (Å²) in [5.74, 6) is 0.589. The maximum atomic E-state index is 11.0. The summed E-state index contributed by atoms with van der Waals surface area (Å²) in [7, 11) is 0. The number of hydrogen-bond donors (Lipinski definition) is 2. The van der Waals surface area contributed by atoms with Crippen LogP contribution in [0.25, 0.3) is 11.3 Å². The summed E-state index contributed by atoms with van der Waals surface area (Å²) in [6.07, 6.45) is 0.